The van der Waals surface area contributed by atoms with Gasteiger partial charge in [-0.3, -0.25) is 0 Å². The van der Waals surface area contributed by atoms with Gasteiger partial charge >= 0.3 is 0 Å². The van der Waals surface area contributed by atoms with Crippen molar-refractivity contribution < 1.29 is 4.48 Å². The van der Waals surface area contributed by atoms with E-state index in [0.717, 1.165) is 0 Å². The highest BCUT2D eigenvalue weighted by Gasteiger charge is 2.49. The van der Waals surface area contributed by atoms with E-state index in [4.69, 9.17) is 0 Å². The molecule has 0 bridgehead atoms. The summed E-state index contributed by atoms with van der Waals surface area (Å²) < 4.78 is 1.19. The van der Waals surface area contributed by atoms with Gasteiger partial charge in [0.15, 0.2) is 0 Å². The zero-order valence-electron chi connectivity index (χ0n) is 9.46. The molecule has 2 rings (SSSR count). The Bertz CT molecular complexity index is 315. The van der Waals surface area contributed by atoms with Gasteiger partial charge in [0.2, 0.25) is 0 Å². The van der Waals surface area contributed by atoms with Crippen LogP contribution in [0.3, 0.4) is 0 Å². The quantitative estimate of drug-likeness (QED) is 0.629. The molecule has 0 saturated carbocycles. The Kier molecular flexibility index (Phi) is 2.15. The summed E-state index contributed by atoms with van der Waals surface area (Å²) in [6.07, 6.45) is 1.36. The standard InChI is InChI=1S/C13H20N/c1-13(2)9-10-14(13,3)11-12-7-5-4-6-8-12/h4-8H,9-11H2,1-3H3/q+1. The molecule has 1 nitrogen and oxygen atoms in total. The van der Waals surface area contributed by atoms with Crippen molar-refractivity contribution in [3.05, 3.63) is 35.9 Å². The summed E-state index contributed by atoms with van der Waals surface area (Å²) in [6.45, 7) is 7.24. The van der Waals surface area contributed by atoms with Crippen molar-refractivity contribution in [3.8, 4) is 0 Å². The molecule has 1 saturated heterocycles. The van der Waals surface area contributed by atoms with Gasteiger partial charge in [0.25, 0.3) is 0 Å². The van der Waals surface area contributed by atoms with Crippen LogP contribution in [0.2, 0.25) is 0 Å². The van der Waals surface area contributed by atoms with Crippen molar-refractivity contribution in [1.82, 2.24) is 0 Å². The predicted octanol–water partition coefficient (Wildman–Crippen LogP) is 2.82. The van der Waals surface area contributed by atoms with E-state index < -0.39 is 0 Å². The van der Waals surface area contributed by atoms with Gasteiger partial charge in [0, 0.05) is 5.56 Å². The van der Waals surface area contributed by atoms with Gasteiger partial charge in [0.1, 0.15) is 6.54 Å². The minimum absolute atomic E-state index is 0.468. The van der Waals surface area contributed by atoms with E-state index in [9.17, 15) is 0 Å². The largest absolute Gasteiger partial charge is 0.318 e. The molecule has 1 unspecified atom stereocenters. The van der Waals surface area contributed by atoms with Crippen LogP contribution in [0.15, 0.2) is 30.3 Å². The molecule has 76 valence electrons. The maximum absolute atomic E-state index is 2.37. The summed E-state index contributed by atoms with van der Waals surface area (Å²) in [5, 5.41) is 0. The molecular weight excluding hydrogens is 170 g/mol. The first-order valence-corrected chi connectivity index (χ1v) is 5.42. The van der Waals surface area contributed by atoms with Crippen molar-refractivity contribution in [2.24, 2.45) is 0 Å². The molecule has 0 radical (unpaired) electrons. The fraction of sp³-hybridized carbons (Fsp3) is 0.538. The fourth-order valence-corrected chi connectivity index (χ4v) is 2.22. The average Bonchev–Trinajstić information content (AvgIpc) is 2.18. The highest BCUT2D eigenvalue weighted by atomic mass is 15.4. The van der Waals surface area contributed by atoms with Crippen molar-refractivity contribution in [2.45, 2.75) is 32.4 Å². The van der Waals surface area contributed by atoms with Crippen molar-refractivity contribution in [1.29, 1.82) is 0 Å². The second kappa shape index (κ2) is 3.09. The van der Waals surface area contributed by atoms with E-state index in [1.807, 2.05) is 0 Å². The topological polar surface area (TPSA) is 0 Å². The van der Waals surface area contributed by atoms with Gasteiger partial charge in [-0.15, -0.1) is 0 Å². The van der Waals surface area contributed by atoms with Crippen molar-refractivity contribution >= 4 is 0 Å². The van der Waals surface area contributed by atoms with E-state index in [1.165, 1.54) is 29.6 Å². The number of likely N-dealkylation sites (tertiary alicyclic amines) is 1. The van der Waals surface area contributed by atoms with Gasteiger partial charge in [-0.05, 0) is 13.8 Å². The van der Waals surface area contributed by atoms with Crippen LogP contribution in [0.4, 0.5) is 0 Å². The lowest BCUT2D eigenvalue weighted by molar-refractivity contribution is -1.01. The number of nitrogens with zero attached hydrogens (tertiary/aromatic N) is 1. The van der Waals surface area contributed by atoms with E-state index in [2.05, 4.69) is 51.2 Å². The first-order chi connectivity index (χ1) is 6.54. The lowest BCUT2D eigenvalue weighted by atomic mass is 9.84. The second-order valence-electron chi connectivity index (χ2n) is 5.33. The number of rotatable bonds is 2. The van der Waals surface area contributed by atoms with Crippen molar-refractivity contribution in [2.75, 3.05) is 13.6 Å². The number of hydrogen-bond acceptors (Lipinski definition) is 0. The molecule has 1 aliphatic rings. The number of benzene rings is 1. The molecule has 1 heterocycles. The molecule has 1 aromatic rings. The zero-order valence-corrected chi connectivity index (χ0v) is 9.46. The molecule has 0 spiro atoms. The summed E-state index contributed by atoms with van der Waals surface area (Å²) in [6, 6.07) is 10.8. The summed E-state index contributed by atoms with van der Waals surface area (Å²) in [5.41, 5.74) is 1.93. The normalized spacial score (nSPS) is 29.6. The van der Waals surface area contributed by atoms with Crippen molar-refractivity contribution in [3.63, 3.8) is 0 Å². The Morgan fingerprint density at radius 1 is 1.21 bits per heavy atom. The van der Waals surface area contributed by atoms with E-state index >= 15 is 0 Å². The molecule has 0 aliphatic carbocycles. The Hall–Kier alpha value is -0.820. The second-order valence-corrected chi connectivity index (χ2v) is 5.33. The van der Waals surface area contributed by atoms with Gasteiger partial charge < -0.3 is 4.48 Å². The Morgan fingerprint density at radius 3 is 2.29 bits per heavy atom. The third-order valence-electron chi connectivity index (χ3n) is 4.05. The van der Waals surface area contributed by atoms with E-state index in [-0.39, 0.29) is 0 Å². The highest BCUT2D eigenvalue weighted by Crippen LogP contribution is 2.38. The molecular formula is C13H20N+. The number of hydrogen-bond donors (Lipinski definition) is 0. The SMILES string of the molecule is CC1(C)CC[N+]1(C)Cc1ccccc1. The van der Waals surface area contributed by atoms with Gasteiger partial charge in [-0.1, -0.05) is 30.3 Å². The first-order valence-electron chi connectivity index (χ1n) is 5.42. The summed E-state index contributed by atoms with van der Waals surface area (Å²) in [7, 11) is 2.37. The number of quaternary nitrogens is 1. The predicted molar refractivity (Wildman–Crippen MR) is 59.9 cm³/mol. The maximum atomic E-state index is 2.37. The third kappa shape index (κ3) is 1.46. The van der Waals surface area contributed by atoms with Crippen LogP contribution in [0.1, 0.15) is 25.8 Å². The van der Waals surface area contributed by atoms with Crippen LogP contribution >= 0.6 is 0 Å². The van der Waals surface area contributed by atoms with Crippen LogP contribution in [0.5, 0.6) is 0 Å². The van der Waals surface area contributed by atoms with Gasteiger partial charge in [-0.2, -0.15) is 0 Å². The third-order valence-corrected chi connectivity index (χ3v) is 4.05. The monoisotopic (exact) mass is 190 g/mol. The van der Waals surface area contributed by atoms with Crippen LogP contribution in [-0.2, 0) is 6.54 Å². The van der Waals surface area contributed by atoms with Crippen LogP contribution < -0.4 is 0 Å². The molecule has 0 N–H and O–H groups in total. The summed E-state index contributed by atoms with van der Waals surface area (Å²) >= 11 is 0. The molecule has 1 fully saturated rings. The molecule has 0 aromatic heterocycles. The van der Waals surface area contributed by atoms with Gasteiger partial charge in [-0.25, -0.2) is 0 Å². The molecule has 1 atom stereocenters. The Morgan fingerprint density at radius 2 is 1.86 bits per heavy atom. The van der Waals surface area contributed by atoms with Crippen LogP contribution in [0, 0.1) is 0 Å². The van der Waals surface area contributed by atoms with Crippen LogP contribution in [0.25, 0.3) is 0 Å². The lowest BCUT2D eigenvalue weighted by Gasteiger charge is -2.56. The molecule has 1 aliphatic heterocycles. The maximum Gasteiger partial charge on any atom is 0.105 e. The smallest absolute Gasteiger partial charge is 0.105 e. The molecule has 14 heavy (non-hydrogen) atoms. The lowest BCUT2D eigenvalue weighted by Crippen LogP contribution is -2.68. The minimum Gasteiger partial charge on any atom is -0.318 e. The summed E-state index contributed by atoms with van der Waals surface area (Å²) in [5.74, 6) is 0. The fourth-order valence-electron chi connectivity index (χ4n) is 2.22. The molecule has 0 amide bonds. The van der Waals surface area contributed by atoms with Gasteiger partial charge in [0.05, 0.1) is 25.6 Å². The molecule has 1 heteroatoms. The summed E-state index contributed by atoms with van der Waals surface area (Å²) in [4.78, 5) is 0. The van der Waals surface area contributed by atoms with E-state index in [1.54, 1.807) is 0 Å². The molecule has 1 aromatic carbocycles. The van der Waals surface area contributed by atoms with E-state index in [0.29, 0.717) is 5.54 Å². The average molecular weight is 190 g/mol. The Labute approximate surface area is 86.9 Å². The zero-order chi connectivity index (χ0) is 10.2. The minimum atomic E-state index is 0.468. The van der Waals surface area contributed by atoms with Crippen LogP contribution in [-0.4, -0.2) is 23.6 Å². The highest BCUT2D eigenvalue weighted by molar-refractivity contribution is 5.13. The Balaban J connectivity index is 2.12. The first kappa shape index (κ1) is 9.72.